The highest BCUT2D eigenvalue weighted by atomic mass is 16.4. The van der Waals surface area contributed by atoms with Crippen molar-refractivity contribution >= 4 is 5.97 Å². The third kappa shape index (κ3) is 1.58. The fraction of sp³-hybridized carbons (Fsp3) is 0.500. The van der Waals surface area contributed by atoms with E-state index >= 15 is 0 Å². The molecule has 0 bridgehead atoms. The fourth-order valence-electron chi connectivity index (χ4n) is 1.41. The highest BCUT2D eigenvalue weighted by molar-refractivity contribution is 5.74. The molecule has 0 aromatic rings. The van der Waals surface area contributed by atoms with Gasteiger partial charge in [0, 0.05) is 6.08 Å². The highest BCUT2D eigenvalue weighted by Crippen LogP contribution is 2.30. The molecule has 3 nitrogen and oxygen atoms in total. The predicted octanol–water partition coefficient (Wildman–Crippen LogP) is 1.32. The van der Waals surface area contributed by atoms with Gasteiger partial charge in [-0.25, -0.2) is 0 Å². The van der Waals surface area contributed by atoms with Crippen molar-refractivity contribution in [3.05, 3.63) is 11.6 Å². The Morgan fingerprint density at radius 1 is 1.82 bits per heavy atom. The van der Waals surface area contributed by atoms with Crippen LogP contribution in [-0.2, 0) is 4.79 Å². The quantitative estimate of drug-likeness (QED) is 0.575. The Kier molecular flexibility index (Phi) is 2.27. The zero-order chi connectivity index (χ0) is 8.27. The van der Waals surface area contributed by atoms with E-state index in [0.29, 0.717) is 6.42 Å². The lowest BCUT2D eigenvalue weighted by atomic mass is 10.0. The van der Waals surface area contributed by atoms with Crippen LogP contribution in [0.25, 0.3) is 0 Å². The molecule has 1 N–H and O–H groups in total. The molecular weight excluding hydrogens is 142 g/mol. The Hall–Kier alpha value is -1.30. The lowest BCUT2D eigenvalue weighted by Gasteiger charge is -2.02. The van der Waals surface area contributed by atoms with Crippen LogP contribution >= 0.6 is 0 Å². The molecule has 3 heteroatoms. The molecule has 1 fully saturated rings. The molecule has 1 atom stereocenters. The Balaban J connectivity index is 2.75. The molecule has 1 unspecified atom stereocenters. The van der Waals surface area contributed by atoms with E-state index in [4.69, 9.17) is 10.4 Å². The van der Waals surface area contributed by atoms with Gasteiger partial charge in [0.15, 0.2) is 0 Å². The SMILES string of the molecule is N#C/C=C1\CCCC1C(=O)O. The average Bonchev–Trinajstić information content (AvgIpc) is 2.36. The topological polar surface area (TPSA) is 61.1 Å². The minimum atomic E-state index is -0.802. The lowest BCUT2D eigenvalue weighted by Crippen LogP contribution is -2.10. The molecule has 58 valence electrons. The van der Waals surface area contributed by atoms with Crippen molar-refractivity contribution in [1.29, 1.82) is 5.26 Å². The molecule has 0 saturated heterocycles. The Labute approximate surface area is 64.9 Å². The molecule has 0 amide bonds. The first-order valence-electron chi connectivity index (χ1n) is 3.57. The van der Waals surface area contributed by atoms with Crippen molar-refractivity contribution < 1.29 is 9.90 Å². The van der Waals surface area contributed by atoms with Crippen LogP contribution in [0.4, 0.5) is 0 Å². The van der Waals surface area contributed by atoms with Gasteiger partial charge >= 0.3 is 5.97 Å². The standard InChI is InChI=1S/C8H9NO2/c9-5-4-6-2-1-3-7(6)8(10)11/h4,7H,1-3H2,(H,10,11)/b6-4+. The molecule has 11 heavy (non-hydrogen) atoms. The van der Waals surface area contributed by atoms with E-state index in [0.717, 1.165) is 18.4 Å². The monoisotopic (exact) mass is 151 g/mol. The third-order valence-corrected chi connectivity index (χ3v) is 1.95. The number of nitriles is 1. The lowest BCUT2D eigenvalue weighted by molar-refractivity contribution is -0.140. The van der Waals surface area contributed by atoms with Crippen LogP contribution in [0.2, 0.25) is 0 Å². The van der Waals surface area contributed by atoms with Crippen molar-refractivity contribution in [2.45, 2.75) is 19.3 Å². The van der Waals surface area contributed by atoms with Crippen LogP contribution in [0, 0.1) is 17.2 Å². The number of hydrogen-bond donors (Lipinski definition) is 1. The number of rotatable bonds is 1. The summed E-state index contributed by atoms with van der Waals surface area (Å²) in [4.78, 5) is 10.5. The second kappa shape index (κ2) is 3.20. The van der Waals surface area contributed by atoms with Crippen LogP contribution in [0.1, 0.15) is 19.3 Å². The van der Waals surface area contributed by atoms with E-state index in [1.807, 2.05) is 6.07 Å². The molecule has 0 aromatic heterocycles. The van der Waals surface area contributed by atoms with Crippen molar-refractivity contribution in [2.75, 3.05) is 0 Å². The summed E-state index contributed by atoms with van der Waals surface area (Å²) in [6.45, 7) is 0. The Morgan fingerprint density at radius 2 is 2.55 bits per heavy atom. The number of nitrogens with zero attached hydrogens (tertiary/aromatic N) is 1. The van der Waals surface area contributed by atoms with Gasteiger partial charge in [-0.15, -0.1) is 0 Å². The molecule has 0 aliphatic heterocycles. The highest BCUT2D eigenvalue weighted by Gasteiger charge is 2.26. The molecule has 1 aliphatic rings. The first kappa shape index (κ1) is 7.80. The van der Waals surface area contributed by atoms with E-state index < -0.39 is 11.9 Å². The summed E-state index contributed by atoms with van der Waals surface area (Å²) >= 11 is 0. The summed E-state index contributed by atoms with van der Waals surface area (Å²) in [7, 11) is 0. The van der Waals surface area contributed by atoms with Gasteiger partial charge < -0.3 is 5.11 Å². The van der Waals surface area contributed by atoms with Crippen LogP contribution in [0.5, 0.6) is 0 Å². The number of carboxylic acids is 1. The van der Waals surface area contributed by atoms with Crippen LogP contribution in [0.3, 0.4) is 0 Å². The molecule has 1 aliphatic carbocycles. The van der Waals surface area contributed by atoms with Crippen LogP contribution in [0.15, 0.2) is 11.6 Å². The number of aliphatic carboxylic acids is 1. The Bertz CT molecular complexity index is 237. The minimum absolute atomic E-state index is 0.394. The van der Waals surface area contributed by atoms with Gasteiger partial charge in [-0.05, 0) is 24.8 Å². The second-order valence-corrected chi connectivity index (χ2v) is 2.63. The fourth-order valence-corrected chi connectivity index (χ4v) is 1.41. The zero-order valence-corrected chi connectivity index (χ0v) is 6.08. The van der Waals surface area contributed by atoms with Crippen molar-refractivity contribution in [3.8, 4) is 6.07 Å². The summed E-state index contributed by atoms with van der Waals surface area (Å²) in [6.07, 6.45) is 3.71. The molecule has 1 saturated carbocycles. The number of hydrogen-bond acceptors (Lipinski definition) is 2. The smallest absolute Gasteiger partial charge is 0.310 e. The molecule has 0 spiro atoms. The number of carboxylic acid groups (broad SMARTS) is 1. The number of allylic oxidation sites excluding steroid dienone is 1. The predicted molar refractivity (Wildman–Crippen MR) is 38.7 cm³/mol. The van der Waals surface area contributed by atoms with E-state index in [-0.39, 0.29) is 0 Å². The summed E-state index contributed by atoms with van der Waals surface area (Å²) in [6, 6.07) is 1.87. The Morgan fingerprint density at radius 3 is 3.09 bits per heavy atom. The summed E-state index contributed by atoms with van der Waals surface area (Å²) in [5.41, 5.74) is 0.778. The molecule has 0 heterocycles. The van der Waals surface area contributed by atoms with Gasteiger partial charge in [-0.2, -0.15) is 5.26 Å². The van der Waals surface area contributed by atoms with Gasteiger partial charge in [-0.3, -0.25) is 4.79 Å². The van der Waals surface area contributed by atoms with E-state index in [1.54, 1.807) is 0 Å². The maximum Gasteiger partial charge on any atom is 0.310 e. The number of carbonyl (C=O) groups is 1. The molecule has 1 rings (SSSR count). The van der Waals surface area contributed by atoms with Crippen molar-refractivity contribution in [1.82, 2.24) is 0 Å². The van der Waals surface area contributed by atoms with E-state index in [2.05, 4.69) is 0 Å². The van der Waals surface area contributed by atoms with Gasteiger partial charge in [0.25, 0.3) is 0 Å². The summed E-state index contributed by atoms with van der Waals surface area (Å²) < 4.78 is 0. The van der Waals surface area contributed by atoms with Crippen molar-refractivity contribution in [2.24, 2.45) is 5.92 Å². The molecule has 0 radical (unpaired) electrons. The van der Waals surface area contributed by atoms with Crippen LogP contribution < -0.4 is 0 Å². The van der Waals surface area contributed by atoms with Gasteiger partial charge in [0.1, 0.15) is 0 Å². The first-order chi connectivity index (χ1) is 5.25. The van der Waals surface area contributed by atoms with Crippen LogP contribution in [-0.4, -0.2) is 11.1 Å². The van der Waals surface area contributed by atoms with E-state index in [1.165, 1.54) is 6.08 Å². The second-order valence-electron chi connectivity index (χ2n) is 2.63. The average molecular weight is 151 g/mol. The van der Waals surface area contributed by atoms with E-state index in [9.17, 15) is 4.79 Å². The van der Waals surface area contributed by atoms with Gasteiger partial charge in [-0.1, -0.05) is 0 Å². The minimum Gasteiger partial charge on any atom is -0.481 e. The summed E-state index contributed by atoms with van der Waals surface area (Å²) in [5.74, 6) is -1.20. The maximum absolute atomic E-state index is 10.5. The largest absolute Gasteiger partial charge is 0.481 e. The summed E-state index contributed by atoms with van der Waals surface area (Å²) in [5, 5.41) is 17.0. The van der Waals surface area contributed by atoms with Gasteiger partial charge in [0.05, 0.1) is 12.0 Å². The first-order valence-corrected chi connectivity index (χ1v) is 3.57. The normalized spacial score (nSPS) is 26.8. The van der Waals surface area contributed by atoms with Gasteiger partial charge in [0.2, 0.25) is 0 Å². The molecule has 0 aromatic carbocycles. The van der Waals surface area contributed by atoms with Crippen molar-refractivity contribution in [3.63, 3.8) is 0 Å². The molecular formula is C8H9NO2. The third-order valence-electron chi connectivity index (χ3n) is 1.95. The maximum atomic E-state index is 10.5. The zero-order valence-electron chi connectivity index (χ0n) is 6.08.